The molecule has 2 aromatic heterocycles. The first kappa shape index (κ1) is 23.3. The summed E-state index contributed by atoms with van der Waals surface area (Å²) < 4.78 is 6.05. The van der Waals surface area contributed by atoms with E-state index in [9.17, 15) is 0 Å². The fourth-order valence-electron chi connectivity index (χ4n) is 5.49. The highest BCUT2D eigenvalue weighted by Crippen LogP contribution is 2.34. The van der Waals surface area contributed by atoms with Gasteiger partial charge in [-0.3, -0.25) is 0 Å². The summed E-state index contributed by atoms with van der Waals surface area (Å²) in [6.45, 7) is 0. The normalized spacial score (nSPS) is 11.4. The Balaban J connectivity index is 1.26. The van der Waals surface area contributed by atoms with Gasteiger partial charge in [-0.1, -0.05) is 115 Å². The van der Waals surface area contributed by atoms with Gasteiger partial charge in [0, 0.05) is 27.5 Å². The zero-order chi connectivity index (χ0) is 27.2. The quantitative estimate of drug-likeness (QED) is 0.230. The van der Waals surface area contributed by atoms with E-state index < -0.39 is 0 Å². The summed E-state index contributed by atoms with van der Waals surface area (Å²) in [7, 11) is 0. The molecule has 192 valence electrons. The highest BCUT2D eigenvalue weighted by atomic mass is 16.3. The van der Waals surface area contributed by atoms with E-state index in [1.165, 1.54) is 16.3 Å². The Labute approximate surface area is 236 Å². The van der Waals surface area contributed by atoms with E-state index in [1.54, 1.807) is 0 Å². The Bertz CT molecular complexity index is 2190. The molecule has 8 rings (SSSR count). The highest BCUT2D eigenvalue weighted by molar-refractivity contribution is 6.06. The van der Waals surface area contributed by atoms with E-state index in [0.717, 1.165) is 44.2 Å². The van der Waals surface area contributed by atoms with Crippen molar-refractivity contribution in [1.82, 2.24) is 15.0 Å². The maximum absolute atomic E-state index is 6.05. The second-order valence-corrected chi connectivity index (χ2v) is 10.1. The second-order valence-electron chi connectivity index (χ2n) is 10.1. The molecule has 0 saturated carbocycles. The first-order chi connectivity index (χ1) is 20.3. The molecule has 0 aliphatic heterocycles. The van der Waals surface area contributed by atoms with Gasteiger partial charge in [-0.15, -0.1) is 0 Å². The van der Waals surface area contributed by atoms with E-state index in [-0.39, 0.29) is 0 Å². The standard InChI is InChI=1S/C37H23N3O/c1-2-10-26(11-3-1)35-38-36(27-19-17-25(18-20-27)30-15-8-12-24-9-4-5-13-29(24)30)40-37(39-35)28-21-22-34-32(23-28)31-14-6-7-16-33(31)41-34/h1-23H. The Morgan fingerprint density at radius 1 is 0.366 bits per heavy atom. The van der Waals surface area contributed by atoms with Gasteiger partial charge < -0.3 is 4.42 Å². The Hall–Kier alpha value is -5.61. The maximum atomic E-state index is 6.05. The van der Waals surface area contributed by atoms with Crippen LogP contribution < -0.4 is 0 Å². The van der Waals surface area contributed by atoms with Crippen molar-refractivity contribution in [2.75, 3.05) is 0 Å². The van der Waals surface area contributed by atoms with Gasteiger partial charge in [0.15, 0.2) is 17.5 Å². The number of furan rings is 1. The van der Waals surface area contributed by atoms with Crippen LogP contribution in [-0.2, 0) is 0 Å². The van der Waals surface area contributed by atoms with Gasteiger partial charge in [0.1, 0.15) is 11.2 Å². The van der Waals surface area contributed by atoms with Crippen molar-refractivity contribution < 1.29 is 4.42 Å². The lowest BCUT2D eigenvalue weighted by Crippen LogP contribution is -2.00. The molecule has 8 aromatic rings. The monoisotopic (exact) mass is 525 g/mol. The van der Waals surface area contributed by atoms with E-state index in [4.69, 9.17) is 19.4 Å². The summed E-state index contributed by atoms with van der Waals surface area (Å²) in [5, 5.41) is 4.58. The molecule has 4 nitrogen and oxygen atoms in total. The molecule has 2 heterocycles. The molecule has 0 unspecified atom stereocenters. The Morgan fingerprint density at radius 3 is 1.73 bits per heavy atom. The van der Waals surface area contributed by atoms with Crippen LogP contribution in [0.15, 0.2) is 144 Å². The van der Waals surface area contributed by atoms with Crippen LogP contribution in [0, 0.1) is 0 Å². The van der Waals surface area contributed by atoms with Crippen LogP contribution in [0.4, 0.5) is 0 Å². The number of hydrogen-bond donors (Lipinski definition) is 0. The summed E-state index contributed by atoms with van der Waals surface area (Å²) in [5.74, 6) is 1.90. The van der Waals surface area contributed by atoms with Crippen molar-refractivity contribution in [3.05, 3.63) is 140 Å². The SMILES string of the molecule is c1ccc(-c2nc(-c3ccc(-c4cccc5ccccc45)cc3)nc(-c3ccc4oc5ccccc5c4c3)n2)cc1. The van der Waals surface area contributed by atoms with Crippen molar-refractivity contribution in [2.24, 2.45) is 0 Å². The van der Waals surface area contributed by atoms with E-state index in [0.29, 0.717) is 17.5 Å². The smallest absolute Gasteiger partial charge is 0.164 e. The van der Waals surface area contributed by atoms with Gasteiger partial charge in [0.2, 0.25) is 0 Å². The predicted molar refractivity (Wildman–Crippen MR) is 166 cm³/mol. The number of fused-ring (bicyclic) bond motifs is 4. The molecule has 0 atom stereocenters. The lowest BCUT2D eigenvalue weighted by atomic mass is 9.97. The molecule has 0 aliphatic rings. The third kappa shape index (κ3) is 4.14. The van der Waals surface area contributed by atoms with Crippen molar-refractivity contribution in [3.8, 4) is 45.3 Å². The molecular weight excluding hydrogens is 502 g/mol. The third-order valence-corrected chi connectivity index (χ3v) is 7.55. The third-order valence-electron chi connectivity index (χ3n) is 7.55. The number of hydrogen-bond acceptors (Lipinski definition) is 4. The first-order valence-corrected chi connectivity index (χ1v) is 13.6. The Kier molecular flexibility index (Phi) is 5.42. The van der Waals surface area contributed by atoms with Crippen LogP contribution >= 0.6 is 0 Å². The van der Waals surface area contributed by atoms with Crippen LogP contribution in [0.2, 0.25) is 0 Å². The number of aromatic nitrogens is 3. The molecule has 41 heavy (non-hydrogen) atoms. The number of nitrogens with zero attached hydrogens (tertiary/aromatic N) is 3. The second kappa shape index (κ2) is 9.54. The van der Waals surface area contributed by atoms with E-state index >= 15 is 0 Å². The lowest BCUT2D eigenvalue weighted by molar-refractivity contribution is 0.669. The van der Waals surface area contributed by atoms with Gasteiger partial charge in [0.05, 0.1) is 0 Å². The van der Waals surface area contributed by atoms with Gasteiger partial charge in [0.25, 0.3) is 0 Å². The summed E-state index contributed by atoms with van der Waals surface area (Å²) in [6, 6.07) is 47.6. The van der Waals surface area contributed by atoms with E-state index in [2.05, 4.69) is 78.9 Å². The molecule has 6 aromatic carbocycles. The molecule has 0 radical (unpaired) electrons. The molecule has 0 bridgehead atoms. The number of benzene rings is 6. The molecule has 0 aliphatic carbocycles. The van der Waals surface area contributed by atoms with Crippen molar-refractivity contribution in [2.45, 2.75) is 0 Å². The zero-order valence-corrected chi connectivity index (χ0v) is 22.0. The van der Waals surface area contributed by atoms with E-state index in [1.807, 2.05) is 60.7 Å². The van der Waals surface area contributed by atoms with Crippen LogP contribution in [0.3, 0.4) is 0 Å². The number of rotatable bonds is 4. The van der Waals surface area contributed by atoms with Crippen molar-refractivity contribution in [3.63, 3.8) is 0 Å². The van der Waals surface area contributed by atoms with Gasteiger partial charge in [-0.05, 0) is 46.2 Å². The topological polar surface area (TPSA) is 51.8 Å². The van der Waals surface area contributed by atoms with Crippen molar-refractivity contribution >= 4 is 32.7 Å². The summed E-state index contributed by atoms with van der Waals surface area (Å²) in [5.41, 5.74) is 6.86. The average Bonchev–Trinajstić information content (AvgIpc) is 3.43. The highest BCUT2D eigenvalue weighted by Gasteiger charge is 2.15. The Morgan fingerprint density at radius 2 is 0.927 bits per heavy atom. The maximum Gasteiger partial charge on any atom is 0.164 e. The minimum atomic E-state index is 0.624. The fraction of sp³-hybridized carbons (Fsp3) is 0. The molecule has 0 amide bonds. The minimum absolute atomic E-state index is 0.624. The van der Waals surface area contributed by atoms with Gasteiger partial charge in [-0.25, -0.2) is 15.0 Å². The van der Waals surface area contributed by atoms with Gasteiger partial charge >= 0.3 is 0 Å². The fourth-order valence-corrected chi connectivity index (χ4v) is 5.49. The van der Waals surface area contributed by atoms with Crippen LogP contribution in [0.5, 0.6) is 0 Å². The predicted octanol–water partition coefficient (Wildman–Crippen LogP) is 9.59. The zero-order valence-electron chi connectivity index (χ0n) is 22.0. The summed E-state index contributed by atoms with van der Waals surface area (Å²) in [4.78, 5) is 14.8. The largest absolute Gasteiger partial charge is 0.456 e. The molecule has 0 spiro atoms. The summed E-state index contributed by atoms with van der Waals surface area (Å²) in [6.07, 6.45) is 0. The molecule has 4 heteroatoms. The lowest BCUT2D eigenvalue weighted by Gasteiger charge is -2.10. The van der Waals surface area contributed by atoms with Gasteiger partial charge in [-0.2, -0.15) is 0 Å². The van der Waals surface area contributed by atoms with Crippen LogP contribution in [-0.4, -0.2) is 15.0 Å². The number of para-hydroxylation sites is 1. The van der Waals surface area contributed by atoms with Crippen LogP contribution in [0.1, 0.15) is 0 Å². The summed E-state index contributed by atoms with van der Waals surface area (Å²) >= 11 is 0. The van der Waals surface area contributed by atoms with Crippen LogP contribution in [0.25, 0.3) is 78.0 Å². The first-order valence-electron chi connectivity index (χ1n) is 13.6. The van der Waals surface area contributed by atoms with Crippen molar-refractivity contribution in [1.29, 1.82) is 0 Å². The minimum Gasteiger partial charge on any atom is -0.456 e. The average molecular weight is 526 g/mol. The molecular formula is C37H23N3O. The molecule has 0 saturated heterocycles. The molecule has 0 N–H and O–H groups in total. The molecule has 0 fully saturated rings.